The number of aryl methyl sites for hydroxylation is 1. The molecule has 86 valence electrons. The number of carbonyl (C=O) groups excluding carboxylic acids is 2. The van der Waals surface area contributed by atoms with E-state index in [0.717, 1.165) is 6.07 Å². The normalized spacial score (nSPS) is 11.2. The third kappa shape index (κ3) is 2.21. The molecule has 16 heavy (non-hydrogen) atoms. The highest BCUT2D eigenvalue weighted by Gasteiger charge is 2.32. The molecule has 0 fully saturated rings. The van der Waals surface area contributed by atoms with Crippen molar-refractivity contribution in [3.05, 3.63) is 34.4 Å². The van der Waals surface area contributed by atoms with E-state index in [-0.39, 0.29) is 11.1 Å². The lowest BCUT2D eigenvalue weighted by Gasteiger charge is -2.11. The van der Waals surface area contributed by atoms with Gasteiger partial charge in [0.15, 0.2) is 6.29 Å². The van der Waals surface area contributed by atoms with Crippen LogP contribution >= 0.6 is 0 Å². The number of primary amides is 1. The molecule has 3 nitrogen and oxygen atoms in total. The van der Waals surface area contributed by atoms with Crippen molar-refractivity contribution in [2.45, 2.75) is 13.1 Å². The van der Waals surface area contributed by atoms with Crippen LogP contribution in [0.1, 0.15) is 31.8 Å². The van der Waals surface area contributed by atoms with E-state index in [0.29, 0.717) is 12.4 Å². The number of nitrogens with two attached hydrogens (primary N) is 1. The second-order valence-electron chi connectivity index (χ2n) is 3.23. The van der Waals surface area contributed by atoms with E-state index < -0.39 is 23.2 Å². The van der Waals surface area contributed by atoms with Gasteiger partial charge >= 0.3 is 6.18 Å². The number of hydrogen-bond donors (Lipinski definition) is 1. The van der Waals surface area contributed by atoms with Gasteiger partial charge < -0.3 is 5.73 Å². The molecule has 0 aliphatic carbocycles. The van der Waals surface area contributed by atoms with Crippen LogP contribution < -0.4 is 5.73 Å². The van der Waals surface area contributed by atoms with Crippen LogP contribution in [0.5, 0.6) is 0 Å². The van der Waals surface area contributed by atoms with Gasteiger partial charge in [0.05, 0.1) is 11.1 Å². The number of hydrogen-bond acceptors (Lipinski definition) is 2. The monoisotopic (exact) mass is 231 g/mol. The Morgan fingerprint density at radius 3 is 2.31 bits per heavy atom. The van der Waals surface area contributed by atoms with Crippen molar-refractivity contribution in [3.8, 4) is 0 Å². The van der Waals surface area contributed by atoms with E-state index in [4.69, 9.17) is 5.73 Å². The third-order valence-corrected chi connectivity index (χ3v) is 2.10. The molecular weight excluding hydrogens is 223 g/mol. The minimum Gasteiger partial charge on any atom is -0.366 e. The van der Waals surface area contributed by atoms with E-state index in [9.17, 15) is 22.8 Å². The minimum atomic E-state index is -4.57. The summed E-state index contributed by atoms with van der Waals surface area (Å²) in [4.78, 5) is 21.5. The van der Waals surface area contributed by atoms with Gasteiger partial charge in [0.2, 0.25) is 5.91 Å². The number of benzene rings is 1. The first-order valence-electron chi connectivity index (χ1n) is 4.24. The van der Waals surface area contributed by atoms with Crippen molar-refractivity contribution in [1.29, 1.82) is 0 Å². The Labute approximate surface area is 89.1 Å². The average molecular weight is 231 g/mol. The quantitative estimate of drug-likeness (QED) is 0.790. The Hall–Kier alpha value is -1.85. The molecule has 0 saturated carbocycles. The molecule has 1 amide bonds. The summed E-state index contributed by atoms with van der Waals surface area (Å²) in [5.74, 6) is -1.06. The van der Waals surface area contributed by atoms with Gasteiger partial charge in [0.1, 0.15) is 0 Å². The molecule has 0 heterocycles. The first-order chi connectivity index (χ1) is 7.27. The van der Waals surface area contributed by atoms with Gasteiger partial charge in [-0.2, -0.15) is 13.2 Å². The third-order valence-electron chi connectivity index (χ3n) is 2.10. The Morgan fingerprint density at radius 2 is 1.94 bits per heavy atom. The number of amides is 1. The minimum absolute atomic E-state index is 0.0682. The SMILES string of the molecule is Cc1cc(C(F)(F)F)cc(C(N)=O)c1C=O. The molecule has 1 aromatic rings. The van der Waals surface area contributed by atoms with Crippen LogP contribution in [0.25, 0.3) is 0 Å². The molecule has 0 spiro atoms. The summed E-state index contributed by atoms with van der Waals surface area (Å²) in [5, 5.41) is 0. The lowest BCUT2D eigenvalue weighted by Crippen LogP contribution is -2.17. The van der Waals surface area contributed by atoms with Crippen LogP contribution in [-0.4, -0.2) is 12.2 Å². The second kappa shape index (κ2) is 3.96. The smallest absolute Gasteiger partial charge is 0.366 e. The predicted octanol–water partition coefficient (Wildman–Crippen LogP) is 1.93. The topological polar surface area (TPSA) is 60.2 Å². The van der Waals surface area contributed by atoms with Crippen molar-refractivity contribution in [3.63, 3.8) is 0 Å². The van der Waals surface area contributed by atoms with Gasteiger partial charge in [-0.25, -0.2) is 0 Å². The molecule has 0 aromatic heterocycles. The summed E-state index contributed by atoms with van der Waals surface area (Å²) in [5.41, 5.74) is 3.45. The molecule has 0 bridgehead atoms. The Bertz CT molecular complexity index is 452. The van der Waals surface area contributed by atoms with Crippen LogP contribution in [0.15, 0.2) is 12.1 Å². The number of alkyl halides is 3. The molecule has 0 atom stereocenters. The van der Waals surface area contributed by atoms with Gasteiger partial charge in [-0.3, -0.25) is 9.59 Å². The summed E-state index contributed by atoms with van der Waals surface area (Å²) < 4.78 is 37.2. The standard InChI is InChI=1S/C10H8F3NO2/c1-5-2-6(10(11,12)13)3-7(9(14)16)8(5)4-15/h2-4H,1H3,(H2,14,16). The predicted molar refractivity (Wildman–Crippen MR) is 50.1 cm³/mol. The van der Waals surface area contributed by atoms with Gasteiger partial charge in [-0.05, 0) is 24.6 Å². The van der Waals surface area contributed by atoms with E-state index in [1.54, 1.807) is 0 Å². The summed E-state index contributed by atoms with van der Waals surface area (Å²) in [6, 6.07) is 1.38. The van der Waals surface area contributed by atoms with E-state index in [1.807, 2.05) is 0 Å². The Kier molecular flexibility index (Phi) is 3.02. The molecule has 0 aliphatic rings. The molecule has 0 saturated heterocycles. The summed E-state index contributed by atoms with van der Waals surface area (Å²) in [7, 11) is 0. The van der Waals surface area contributed by atoms with Gasteiger partial charge in [-0.1, -0.05) is 0 Å². The van der Waals surface area contributed by atoms with Crippen molar-refractivity contribution in [2.75, 3.05) is 0 Å². The van der Waals surface area contributed by atoms with Crippen LogP contribution in [-0.2, 0) is 6.18 Å². The second-order valence-corrected chi connectivity index (χ2v) is 3.23. The molecule has 1 rings (SSSR count). The fraction of sp³-hybridized carbons (Fsp3) is 0.200. The number of carbonyl (C=O) groups is 2. The van der Waals surface area contributed by atoms with Gasteiger partial charge in [-0.15, -0.1) is 0 Å². The van der Waals surface area contributed by atoms with Crippen molar-refractivity contribution >= 4 is 12.2 Å². The van der Waals surface area contributed by atoms with Crippen LogP contribution in [0.3, 0.4) is 0 Å². The average Bonchev–Trinajstić information content (AvgIpc) is 2.14. The van der Waals surface area contributed by atoms with Crippen molar-refractivity contribution < 1.29 is 22.8 Å². The zero-order valence-corrected chi connectivity index (χ0v) is 8.26. The number of rotatable bonds is 2. The summed E-state index contributed by atoms with van der Waals surface area (Å²) in [6.45, 7) is 1.31. The van der Waals surface area contributed by atoms with Crippen LogP contribution in [0, 0.1) is 6.92 Å². The number of aldehydes is 1. The highest BCUT2D eigenvalue weighted by atomic mass is 19.4. The van der Waals surface area contributed by atoms with E-state index in [2.05, 4.69) is 0 Å². The van der Waals surface area contributed by atoms with Crippen LogP contribution in [0.2, 0.25) is 0 Å². The van der Waals surface area contributed by atoms with Crippen molar-refractivity contribution in [1.82, 2.24) is 0 Å². The fourth-order valence-electron chi connectivity index (χ4n) is 1.32. The lowest BCUT2D eigenvalue weighted by molar-refractivity contribution is -0.137. The summed E-state index contributed by atoms with van der Waals surface area (Å²) >= 11 is 0. The molecule has 6 heteroatoms. The zero-order valence-electron chi connectivity index (χ0n) is 8.26. The van der Waals surface area contributed by atoms with Crippen molar-refractivity contribution in [2.24, 2.45) is 5.73 Å². The first-order valence-corrected chi connectivity index (χ1v) is 4.24. The molecule has 0 aliphatic heterocycles. The molecular formula is C10H8F3NO2. The van der Waals surface area contributed by atoms with E-state index in [1.165, 1.54) is 6.92 Å². The Balaban J connectivity index is 3.52. The highest BCUT2D eigenvalue weighted by Crippen LogP contribution is 2.31. The fourth-order valence-corrected chi connectivity index (χ4v) is 1.32. The number of halogens is 3. The first kappa shape index (κ1) is 12.2. The molecule has 2 N–H and O–H groups in total. The molecule has 1 aromatic carbocycles. The van der Waals surface area contributed by atoms with E-state index >= 15 is 0 Å². The summed E-state index contributed by atoms with van der Waals surface area (Å²) in [6.07, 6.45) is -4.26. The Morgan fingerprint density at radius 1 is 1.38 bits per heavy atom. The largest absolute Gasteiger partial charge is 0.416 e. The maximum Gasteiger partial charge on any atom is 0.416 e. The maximum absolute atomic E-state index is 12.4. The van der Waals surface area contributed by atoms with Crippen LogP contribution in [0.4, 0.5) is 13.2 Å². The van der Waals surface area contributed by atoms with Gasteiger partial charge in [0, 0.05) is 5.56 Å². The molecule has 0 radical (unpaired) electrons. The highest BCUT2D eigenvalue weighted by molar-refractivity contribution is 6.01. The lowest BCUT2D eigenvalue weighted by atomic mass is 9.98. The van der Waals surface area contributed by atoms with Gasteiger partial charge in [0.25, 0.3) is 0 Å². The zero-order chi connectivity index (χ0) is 12.5. The maximum atomic E-state index is 12.4. The molecule has 0 unspecified atom stereocenters.